The summed E-state index contributed by atoms with van der Waals surface area (Å²) in [6.07, 6.45) is 0. The summed E-state index contributed by atoms with van der Waals surface area (Å²) in [6.45, 7) is 2.91. The molecule has 3 heteroatoms. The van der Waals surface area contributed by atoms with Crippen molar-refractivity contribution >= 4 is 10.8 Å². The van der Waals surface area contributed by atoms with Crippen molar-refractivity contribution in [3.63, 3.8) is 0 Å². The number of hydrogen-bond acceptors (Lipinski definition) is 3. The van der Waals surface area contributed by atoms with Gasteiger partial charge in [0.1, 0.15) is 12.4 Å². The minimum atomic E-state index is 0.579. The second-order valence-electron chi connectivity index (χ2n) is 5.58. The van der Waals surface area contributed by atoms with E-state index < -0.39 is 0 Å². The Bertz CT molecular complexity index is 753. The monoisotopic (exact) mass is 306 g/mol. The van der Waals surface area contributed by atoms with Gasteiger partial charge in [0, 0.05) is 19.6 Å². The van der Waals surface area contributed by atoms with Crippen LogP contribution in [0.15, 0.2) is 66.7 Å². The van der Waals surface area contributed by atoms with E-state index in [0.29, 0.717) is 13.2 Å². The predicted octanol–water partition coefficient (Wildman–Crippen LogP) is 3.47. The second-order valence-corrected chi connectivity index (χ2v) is 5.58. The lowest BCUT2D eigenvalue weighted by Gasteiger charge is -2.09. The van der Waals surface area contributed by atoms with E-state index in [-0.39, 0.29) is 0 Å². The summed E-state index contributed by atoms with van der Waals surface area (Å²) in [5.74, 6) is 0.890. The molecule has 0 atom stereocenters. The van der Waals surface area contributed by atoms with Crippen molar-refractivity contribution in [3.8, 4) is 5.75 Å². The minimum Gasteiger partial charge on any atom is -0.489 e. The van der Waals surface area contributed by atoms with Crippen molar-refractivity contribution in [3.05, 3.63) is 77.9 Å². The second kappa shape index (κ2) is 7.77. The number of fused-ring (bicyclic) bond motifs is 1. The highest BCUT2D eigenvalue weighted by Gasteiger charge is 1.99. The maximum atomic E-state index is 5.88. The first-order valence-corrected chi connectivity index (χ1v) is 7.95. The van der Waals surface area contributed by atoms with Crippen LogP contribution in [0, 0.1) is 0 Å². The lowest BCUT2D eigenvalue weighted by molar-refractivity contribution is 0.306. The third kappa shape index (κ3) is 4.31. The fraction of sp³-hybridized carbons (Fsp3) is 0.200. The summed E-state index contributed by atoms with van der Waals surface area (Å²) in [5.41, 5.74) is 7.87. The average molecular weight is 306 g/mol. The van der Waals surface area contributed by atoms with Crippen LogP contribution >= 0.6 is 0 Å². The van der Waals surface area contributed by atoms with E-state index >= 15 is 0 Å². The van der Waals surface area contributed by atoms with Crippen LogP contribution in [0.4, 0.5) is 0 Å². The Balaban J connectivity index is 1.58. The molecule has 3 aromatic rings. The SMILES string of the molecule is NCCNCc1ccc(OCc2ccc3ccccc3c2)cc1. The van der Waals surface area contributed by atoms with Gasteiger partial charge in [-0.2, -0.15) is 0 Å². The highest BCUT2D eigenvalue weighted by atomic mass is 16.5. The molecule has 3 aromatic carbocycles. The van der Waals surface area contributed by atoms with E-state index in [4.69, 9.17) is 10.5 Å². The van der Waals surface area contributed by atoms with Gasteiger partial charge >= 0.3 is 0 Å². The molecule has 3 nitrogen and oxygen atoms in total. The smallest absolute Gasteiger partial charge is 0.119 e. The molecular formula is C20H22N2O. The number of benzene rings is 3. The Labute approximate surface area is 137 Å². The van der Waals surface area contributed by atoms with Crippen molar-refractivity contribution in [1.82, 2.24) is 5.32 Å². The Kier molecular flexibility index (Phi) is 5.25. The van der Waals surface area contributed by atoms with Crippen molar-refractivity contribution < 1.29 is 4.74 Å². The van der Waals surface area contributed by atoms with E-state index in [9.17, 15) is 0 Å². The molecule has 0 radical (unpaired) electrons. The Morgan fingerprint density at radius 1 is 0.826 bits per heavy atom. The van der Waals surface area contributed by atoms with Crippen LogP contribution in [0.3, 0.4) is 0 Å². The van der Waals surface area contributed by atoms with Gasteiger partial charge in [-0.1, -0.05) is 48.5 Å². The number of rotatable bonds is 7. The standard InChI is InChI=1S/C20H22N2O/c21-11-12-22-14-16-6-9-20(10-7-16)23-15-17-5-8-18-3-1-2-4-19(18)13-17/h1-10,13,22H,11-12,14-15,21H2. The zero-order valence-electron chi connectivity index (χ0n) is 13.2. The maximum absolute atomic E-state index is 5.88. The van der Waals surface area contributed by atoms with E-state index in [1.54, 1.807) is 0 Å². The Morgan fingerprint density at radius 3 is 2.35 bits per heavy atom. The number of hydrogen-bond donors (Lipinski definition) is 2. The van der Waals surface area contributed by atoms with Crippen LogP contribution in [0.1, 0.15) is 11.1 Å². The van der Waals surface area contributed by atoms with E-state index in [0.717, 1.165) is 18.8 Å². The first kappa shape index (κ1) is 15.5. The van der Waals surface area contributed by atoms with Gasteiger partial charge in [0.15, 0.2) is 0 Å². The average Bonchev–Trinajstić information content (AvgIpc) is 2.61. The molecule has 0 bridgehead atoms. The summed E-state index contributed by atoms with van der Waals surface area (Å²) in [6, 6.07) is 23.0. The molecular weight excluding hydrogens is 284 g/mol. The zero-order chi connectivity index (χ0) is 15.9. The highest BCUT2D eigenvalue weighted by Crippen LogP contribution is 2.18. The molecule has 0 saturated carbocycles. The van der Waals surface area contributed by atoms with Crippen LogP contribution in [0.2, 0.25) is 0 Å². The fourth-order valence-corrected chi connectivity index (χ4v) is 2.53. The number of nitrogens with two attached hydrogens (primary N) is 1. The van der Waals surface area contributed by atoms with Crippen LogP contribution in [0.25, 0.3) is 10.8 Å². The quantitative estimate of drug-likeness (QED) is 0.657. The first-order valence-electron chi connectivity index (χ1n) is 7.95. The first-order chi connectivity index (χ1) is 11.3. The molecule has 0 unspecified atom stereocenters. The van der Waals surface area contributed by atoms with Crippen LogP contribution in [-0.4, -0.2) is 13.1 Å². The lowest BCUT2D eigenvalue weighted by Crippen LogP contribution is -2.21. The molecule has 118 valence electrons. The third-order valence-corrected chi connectivity index (χ3v) is 3.79. The molecule has 0 fully saturated rings. The van der Waals surface area contributed by atoms with Crippen molar-refractivity contribution in [2.75, 3.05) is 13.1 Å². The summed E-state index contributed by atoms with van der Waals surface area (Å²) in [4.78, 5) is 0. The molecule has 3 N–H and O–H groups in total. The van der Waals surface area contributed by atoms with Gasteiger partial charge in [-0.3, -0.25) is 0 Å². The highest BCUT2D eigenvalue weighted by molar-refractivity contribution is 5.82. The third-order valence-electron chi connectivity index (χ3n) is 3.79. The van der Waals surface area contributed by atoms with E-state index in [1.807, 2.05) is 12.1 Å². The Hall–Kier alpha value is -2.36. The summed E-state index contributed by atoms with van der Waals surface area (Å²) in [5, 5.41) is 5.78. The molecule has 0 aromatic heterocycles. The van der Waals surface area contributed by atoms with Gasteiger partial charge < -0.3 is 15.8 Å². The molecule has 0 aliphatic heterocycles. The molecule has 0 amide bonds. The normalized spacial score (nSPS) is 10.8. The lowest BCUT2D eigenvalue weighted by atomic mass is 10.1. The van der Waals surface area contributed by atoms with Gasteiger partial charge in [0.05, 0.1) is 0 Å². The number of ether oxygens (including phenoxy) is 1. The molecule has 23 heavy (non-hydrogen) atoms. The van der Waals surface area contributed by atoms with Gasteiger partial charge in [0.2, 0.25) is 0 Å². The van der Waals surface area contributed by atoms with Gasteiger partial charge in [-0.15, -0.1) is 0 Å². The van der Waals surface area contributed by atoms with Gasteiger partial charge in [-0.05, 0) is 40.1 Å². The molecule has 0 saturated heterocycles. The molecule has 0 spiro atoms. The molecule has 3 rings (SSSR count). The minimum absolute atomic E-state index is 0.579. The topological polar surface area (TPSA) is 47.3 Å². The van der Waals surface area contributed by atoms with Crippen LogP contribution < -0.4 is 15.8 Å². The van der Waals surface area contributed by atoms with Gasteiger partial charge in [0.25, 0.3) is 0 Å². The molecule has 0 aliphatic carbocycles. The summed E-state index contributed by atoms with van der Waals surface area (Å²) >= 11 is 0. The Morgan fingerprint density at radius 2 is 1.57 bits per heavy atom. The van der Waals surface area contributed by atoms with Crippen LogP contribution in [0.5, 0.6) is 5.75 Å². The summed E-state index contributed by atoms with van der Waals surface area (Å²) in [7, 11) is 0. The van der Waals surface area contributed by atoms with Crippen molar-refractivity contribution in [2.45, 2.75) is 13.2 Å². The zero-order valence-corrected chi connectivity index (χ0v) is 13.2. The summed E-state index contributed by atoms with van der Waals surface area (Å²) < 4.78 is 5.88. The fourth-order valence-electron chi connectivity index (χ4n) is 2.53. The van der Waals surface area contributed by atoms with Crippen molar-refractivity contribution in [1.29, 1.82) is 0 Å². The molecule has 0 aliphatic rings. The largest absolute Gasteiger partial charge is 0.489 e. The maximum Gasteiger partial charge on any atom is 0.119 e. The van der Waals surface area contributed by atoms with Gasteiger partial charge in [-0.25, -0.2) is 0 Å². The van der Waals surface area contributed by atoms with E-state index in [1.165, 1.54) is 21.9 Å². The number of nitrogens with one attached hydrogen (secondary N) is 1. The molecule has 0 heterocycles. The van der Waals surface area contributed by atoms with Crippen LogP contribution in [-0.2, 0) is 13.2 Å². The predicted molar refractivity (Wildman–Crippen MR) is 95.5 cm³/mol. The van der Waals surface area contributed by atoms with E-state index in [2.05, 4.69) is 59.9 Å². The van der Waals surface area contributed by atoms with Crippen molar-refractivity contribution in [2.24, 2.45) is 5.73 Å².